The molecule has 1 N–H and O–H groups in total. The van der Waals surface area contributed by atoms with Crippen LogP contribution in [0.4, 0.5) is 4.39 Å². The minimum atomic E-state index is -4.27. The molecule has 2 aromatic carbocycles. The lowest BCUT2D eigenvalue weighted by molar-refractivity contribution is 0.129. The molecule has 224 valence electrons. The predicted molar refractivity (Wildman–Crippen MR) is 153 cm³/mol. The van der Waals surface area contributed by atoms with Crippen LogP contribution < -0.4 is 5.56 Å². The normalized spacial score (nSPS) is 18.0. The first kappa shape index (κ1) is 30.0. The van der Waals surface area contributed by atoms with E-state index in [1.165, 1.54) is 24.3 Å². The number of piperidine rings is 1. The van der Waals surface area contributed by atoms with Crippen molar-refractivity contribution in [3.05, 3.63) is 87.0 Å². The van der Waals surface area contributed by atoms with E-state index in [-0.39, 0.29) is 16.3 Å². The van der Waals surface area contributed by atoms with E-state index in [4.69, 9.17) is 4.52 Å². The van der Waals surface area contributed by atoms with E-state index in [1.54, 1.807) is 22.8 Å². The van der Waals surface area contributed by atoms with Gasteiger partial charge in [0.05, 0.1) is 10.6 Å². The number of hydrogen-bond acceptors (Lipinski definition) is 9. The average Bonchev–Trinajstić information content (AvgIpc) is 3.37. The number of aliphatic hydroxyl groups excluding tert-OH is 1. The van der Waals surface area contributed by atoms with Gasteiger partial charge in [-0.1, -0.05) is 22.9 Å². The Morgan fingerprint density at radius 1 is 1.07 bits per heavy atom. The molecule has 1 saturated heterocycles. The fourth-order valence-corrected chi connectivity index (χ4v) is 6.15. The highest BCUT2D eigenvalue weighted by Crippen LogP contribution is 2.33. The van der Waals surface area contributed by atoms with Gasteiger partial charge < -0.3 is 19.1 Å². The zero-order chi connectivity index (χ0) is 30.0. The van der Waals surface area contributed by atoms with Crippen LogP contribution >= 0.6 is 0 Å². The summed E-state index contributed by atoms with van der Waals surface area (Å²) in [4.78, 5) is 19.7. The van der Waals surface area contributed by atoms with Gasteiger partial charge in [0.1, 0.15) is 27.9 Å². The van der Waals surface area contributed by atoms with E-state index in [2.05, 4.69) is 15.0 Å². The maximum Gasteiger partial charge on any atom is 0.257 e. The number of fused-ring (bicyclic) bond motifs is 2. The van der Waals surface area contributed by atoms with Crippen LogP contribution in [0.3, 0.4) is 0 Å². The molecule has 10 nitrogen and oxygen atoms in total. The van der Waals surface area contributed by atoms with Crippen LogP contribution in [0.25, 0.3) is 11.0 Å². The minimum absolute atomic E-state index is 0.00237. The second-order valence-electron chi connectivity index (χ2n) is 11.0. The van der Waals surface area contributed by atoms with Crippen molar-refractivity contribution in [2.45, 2.75) is 69.4 Å². The fourth-order valence-electron chi connectivity index (χ4n) is 5.68. The number of likely N-dealkylation sites (tertiary alicyclic amines) is 1. The second kappa shape index (κ2) is 12.4. The third-order valence-corrected chi connectivity index (χ3v) is 8.93. The molecule has 1 unspecified atom stereocenters. The summed E-state index contributed by atoms with van der Waals surface area (Å²) < 4.78 is 51.5. The van der Waals surface area contributed by atoms with Crippen molar-refractivity contribution in [2.75, 3.05) is 19.6 Å². The van der Waals surface area contributed by atoms with Crippen LogP contribution in [0.15, 0.2) is 56.7 Å². The van der Waals surface area contributed by atoms with Crippen LogP contribution in [0.2, 0.25) is 0 Å². The highest BCUT2D eigenvalue weighted by Gasteiger charge is 2.27. The second-order valence-corrected chi connectivity index (χ2v) is 12.4. The van der Waals surface area contributed by atoms with Crippen LogP contribution in [0, 0.1) is 19.7 Å². The van der Waals surface area contributed by atoms with Gasteiger partial charge in [-0.3, -0.25) is 9.36 Å². The van der Waals surface area contributed by atoms with Crippen molar-refractivity contribution in [3.63, 3.8) is 0 Å². The Hall–Kier alpha value is -3.45. The van der Waals surface area contributed by atoms with E-state index in [9.17, 15) is 27.3 Å². The maximum absolute atomic E-state index is 13.4. The summed E-state index contributed by atoms with van der Waals surface area (Å²) >= 11 is 0. The molecule has 2 aromatic heterocycles. The first-order valence-electron chi connectivity index (χ1n) is 14.1. The van der Waals surface area contributed by atoms with Crippen molar-refractivity contribution in [1.82, 2.24) is 19.6 Å². The van der Waals surface area contributed by atoms with Gasteiger partial charge in [-0.25, -0.2) is 17.8 Å². The summed E-state index contributed by atoms with van der Waals surface area (Å²) in [6.45, 7) is 6.95. The molecule has 42 heavy (non-hydrogen) atoms. The maximum atomic E-state index is 13.4. The lowest BCUT2D eigenvalue weighted by Crippen LogP contribution is -2.37. The van der Waals surface area contributed by atoms with Crippen molar-refractivity contribution in [1.29, 1.82) is 0 Å². The van der Waals surface area contributed by atoms with Gasteiger partial charge in [0, 0.05) is 41.7 Å². The Kier molecular flexibility index (Phi) is 8.88. The number of rotatable bonds is 5. The summed E-state index contributed by atoms with van der Waals surface area (Å²) in [5.41, 5.74) is 3.83. The first-order valence-corrected chi connectivity index (χ1v) is 15.5. The van der Waals surface area contributed by atoms with E-state index in [0.717, 1.165) is 66.8 Å². The van der Waals surface area contributed by atoms with E-state index >= 15 is 0 Å². The monoisotopic (exact) mass is 597 g/mol. The molecule has 0 bridgehead atoms. The smallest absolute Gasteiger partial charge is 0.257 e. The van der Waals surface area contributed by atoms with Crippen molar-refractivity contribution < 1.29 is 27.0 Å². The van der Waals surface area contributed by atoms with E-state index in [1.807, 2.05) is 13.8 Å². The van der Waals surface area contributed by atoms with E-state index in [0.29, 0.717) is 36.7 Å². The SMILES string of the molecule is Cc1ccc(S(=O)(=O)[O-])cc1.Cc1nc2n(c(=O)c1CCN1CCC(c3noc4cc(F)ccc34)CC1)CCCC2O. The number of aromatic nitrogens is 3. The third-order valence-electron chi connectivity index (χ3n) is 8.08. The zero-order valence-corrected chi connectivity index (χ0v) is 24.4. The van der Waals surface area contributed by atoms with Crippen LogP contribution in [-0.4, -0.2) is 57.3 Å². The molecule has 2 aliphatic heterocycles. The minimum Gasteiger partial charge on any atom is -0.744 e. The van der Waals surface area contributed by atoms with Gasteiger partial charge in [0.25, 0.3) is 5.56 Å². The Morgan fingerprint density at radius 2 is 1.79 bits per heavy atom. The number of benzene rings is 2. The number of aliphatic hydroxyl groups is 1. The predicted octanol–water partition coefficient (Wildman–Crippen LogP) is 3.98. The fraction of sp³-hybridized carbons (Fsp3) is 0.433. The zero-order valence-electron chi connectivity index (χ0n) is 23.6. The van der Waals surface area contributed by atoms with Crippen LogP contribution in [-0.2, 0) is 23.1 Å². The first-order chi connectivity index (χ1) is 20.0. The van der Waals surface area contributed by atoms with Gasteiger partial charge in [-0.15, -0.1) is 0 Å². The van der Waals surface area contributed by atoms with E-state index < -0.39 is 16.2 Å². The lowest BCUT2D eigenvalue weighted by atomic mass is 9.91. The number of nitrogens with zero attached hydrogens (tertiary/aromatic N) is 4. The number of hydrogen-bond donors (Lipinski definition) is 1. The highest BCUT2D eigenvalue weighted by atomic mass is 32.2. The third kappa shape index (κ3) is 6.62. The summed E-state index contributed by atoms with van der Waals surface area (Å²) in [5, 5.41) is 15.3. The molecule has 1 atom stereocenters. The van der Waals surface area contributed by atoms with Crippen molar-refractivity contribution >= 4 is 21.1 Å². The molecule has 0 radical (unpaired) electrons. The number of halogens is 1. The Bertz CT molecular complexity index is 1730. The average molecular weight is 598 g/mol. The summed E-state index contributed by atoms with van der Waals surface area (Å²) in [7, 11) is -4.27. The molecule has 0 saturated carbocycles. The molecule has 4 heterocycles. The number of aryl methyl sites for hydroxylation is 2. The van der Waals surface area contributed by atoms with Gasteiger partial charge in [-0.2, -0.15) is 0 Å². The molecule has 0 aliphatic carbocycles. The van der Waals surface area contributed by atoms with Gasteiger partial charge in [0.15, 0.2) is 5.58 Å². The van der Waals surface area contributed by atoms with Crippen LogP contribution in [0.5, 0.6) is 0 Å². The molecule has 0 spiro atoms. The van der Waals surface area contributed by atoms with Gasteiger partial charge >= 0.3 is 0 Å². The molecular weight excluding hydrogens is 563 g/mol. The Morgan fingerprint density at radius 3 is 2.48 bits per heavy atom. The molecule has 2 aliphatic rings. The molecule has 0 amide bonds. The van der Waals surface area contributed by atoms with Crippen molar-refractivity contribution in [3.8, 4) is 0 Å². The molecule has 4 aromatic rings. The van der Waals surface area contributed by atoms with Gasteiger partial charge in [0.2, 0.25) is 0 Å². The molecule has 12 heteroatoms. The molecular formula is C30H34FN4O6S-. The van der Waals surface area contributed by atoms with Gasteiger partial charge in [-0.05, 0) is 83.3 Å². The van der Waals surface area contributed by atoms with Crippen molar-refractivity contribution in [2.24, 2.45) is 0 Å². The largest absolute Gasteiger partial charge is 0.744 e. The highest BCUT2D eigenvalue weighted by molar-refractivity contribution is 7.85. The topological polar surface area (TPSA) is 142 Å². The standard InChI is InChI=1S/C23H27FN4O3.C7H8O3S/c1-14-17(23(30)28-9-2-3-19(29)22(28)25-14)8-12-27-10-6-15(7-11-27)21-18-5-4-16(24)13-20(18)31-26-21;1-6-2-4-7(5-3-6)11(8,9)10/h4-5,13,15,19,29H,2-3,6-12H2,1H3;2-5H,1H3,(H,8,9,10)/p-1. The quantitative estimate of drug-likeness (QED) is 0.338. The summed E-state index contributed by atoms with van der Waals surface area (Å²) in [6, 6.07) is 10.4. The molecule has 1 fully saturated rings. The summed E-state index contributed by atoms with van der Waals surface area (Å²) in [6.07, 6.45) is 3.38. The lowest BCUT2D eigenvalue weighted by Gasteiger charge is -2.31. The summed E-state index contributed by atoms with van der Waals surface area (Å²) in [5.74, 6) is 0.489. The van der Waals surface area contributed by atoms with Crippen LogP contribution in [0.1, 0.15) is 66.0 Å². The Labute approximate surface area is 243 Å². The Balaban J connectivity index is 0.000000271. The molecule has 6 rings (SSSR count).